The van der Waals surface area contributed by atoms with Gasteiger partial charge in [0.25, 0.3) is 0 Å². The molecule has 0 aromatic carbocycles. The molecule has 0 saturated carbocycles. The Kier molecular flexibility index (Phi) is 6.12. The molecule has 0 aliphatic carbocycles. The molecule has 0 spiro atoms. The van der Waals surface area contributed by atoms with Crippen molar-refractivity contribution in [1.82, 2.24) is 0 Å². The Morgan fingerprint density at radius 1 is 1.19 bits per heavy atom. The molecular formula is C15H28O. The quantitative estimate of drug-likeness (QED) is 0.449. The van der Waals surface area contributed by atoms with Crippen molar-refractivity contribution in [2.75, 3.05) is 0 Å². The number of ether oxygens (including phenoxy) is 1. The van der Waals surface area contributed by atoms with Crippen molar-refractivity contribution in [1.29, 1.82) is 0 Å². The van der Waals surface area contributed by atoms with Crippen LogP contribution in [-0.2, 0) is 4.74 Å². The molecule has 94 valence electrons. The van der Waals surface area contributed by atoms with Crippen LogP contribution in [0.5, 0.6) is 0 Å². The molecule has 2 atom stereocenters. The normalized spacial score (nSPS) is 25.2. The zero-order chi connectivity index (χ0) is 12.0. The lowest BCUT2D eigenvalue weighted by atomic mass is 10.0. The van der Waals surface area contributed by atoms with Crippen molar-refractivity contribution in [2.24, 2.45) is 5.92 Å². The highest BCUT2D eigenvalue weighted by Crippen LogP contribution is 2.27. The molecule has 0 aromatic rings. The number of unbranched alkanes of at least 4 members (excludes halogenated alkanes) is 4. The van der Waals surface area contributed by atoms with Gasteiger partial charge in [-0.05, 0) is 24.8 Å². The lowest BCUT2D eigenvalue weighted by Gasteiger charge is -2.18. The van der Waals surface area contributed by atoms with Gasteiger partial charge in [0.15, 0.2) is 0 Å². The Labute approximate surface area is 101 Å². The first-order chi connectivity index (χ1) is 7.65. The molecule has 1 aliphatic heterocycles. The first-order valence-corrected chi connectivity index (χ1v) is 6.99. The zero-order valence-electron chi connectivity index (χ0n) is 11.5. The van der Waals surface area contributed by atoms with E-state index in [1.807, 2.05) is 0 Å². The van der Waals surface area contributed by atoms with Gasteiger partial charge < -0.3 is 4.74 Å². The second kappa shape index (κ2) is 7.11. The summed E-state index contributed by atoms with van der Waals surface area (Å²) in [7, 11) is 0. The van der Waals surface area contributed by atoms with Gasteiger partial charge in [-0.3, -0.25) is 0 Å². The van der Waals surface area contributed by atoms with E-state index >= 15 is 0 Å². The van der Waals surface area contributed by atoms with Gasteiger partial charge >= 0.3 is 0 Å². The molecule has 0 bridgehead atoms. The third kappa shape index (κ3) is 4.29. The minimum absolute atomic E-state index is 0.376. The van der Waals surface area contributed by atoms with E-state index in [1.165, 1.54) is 44.1 Å². The van der Waals surface area contributed by atoms with Crippen LogP contribution in [0.25, 0.3) is 0 Å². The second-order valence-corrected chi connectivity index (χ2v) is 5.45. The summed E-state index contributed by atoms with van der Waals surface area (Å²) in [6.45, 7) is 8.96. The van der Waals surface area contributed by atoms with Crippen molar-refractivity contribution < 1.29 is 4.74 Å². The third-order valence-electron chi connectivity index (χ3n) is 3.42. The Bertz CT molecular complexity index is 217. The van der Waals surface area contributed by atoms with Crippen molar-refractivity contribution in [3.8, 4) is 0 Å². The van der Waals surface area contributed by atoms with E-state index in [0.717, 1.165) is 0 Å². The Balaban J connectivity index is 2.16. The fourth-order valence-corrected chi connectivity index (χ4v) is 2.51. The molecule has 0 radical (unpaired) electrons. The molecule has 0 aromatic heterocycles. The molecule has 0 fully saturated rings. The van der Waals surface area contributed by atoms with Gasteiger partial charge in [0, 0.05) is 0 Å². The van der Waals surface area contributed by atoms with Crippen LogP contribution in [0.2, 0.25) is 0 Å². The van der Waals surface area contributed by atoms with E-state index < -0.39 is 0 Å². The molecule has 1 heteroatoms. The summed E-state index contributed by atoms with van der Waals surface area (Å²) in [6.07, 6.45) is 11.1. The zero-order valence-corrected chi connectivity index (χ0v) is 11.5. The fraction of sp³-hybridized carbons (Fsp3) is 0.867. The van der Waals surface area contributed by atoms with Crippen LogP contribution in [0.1, 0.15) is 66.2 Å². The van der Waals surface area contributed by atoms with Crippen molar-refractivity contribution in [3.05, 3.63) is 11.6 Å². The lowest BCUT2D eigenvalue weighted by Crippen LogP contribution is -2.19. The van der Waals surface area contributed by atoms with Gasteiger partial charge in [-0.2, -0.15) is 0 Å². The van der Waals surface area contributed by atoms with Gasteiger partial charge in [-0.25, -0.2) is 0 Å². The Morgan fingerprint density at radius 3 is 2.44 bits per heavy atom. The molecule has 16 heavy (non-hydrogen) atoms. The van der Waals surface area contributed by atoms with Crippen LogP contribution in [0.4, 0.5) is 0 Å². The summed E-state index contributed by atoms with van der Waals surface area (Å²) in [5.74, 6) is 0.612. The molecule has 0 saturated heterocycles. The maximum atomic E-state index is 6.05. The SMILES string of the molecule is CCCCCCC[C@@H]1C=C(C)[C@H](C(C)C)O1. The Hall–Kier alpha value is -0.300. The first-order valence-electron chi connectivity index (χ1n) is 6.99. The maximum Gasteiger partial charge on any atom is 0.0814 e. The molecule has 1 heterocycles. The van der Waals surface area contributed by atoms with Gasteiger partial charge in [0.05, 0.1) is 12.2 Å². The standard InChI is InChI=1S/C15H28O/c1-5-6-7-8-9-10-14-11-13(4)15(16-14)12(2)3/h11-12,14-15H,5-10H2,1-4H3/t14-,15+/m1/s1. The predicted octanol–water partition coefficient (Wildman–Crippen LogP) is 4.72. The van der Waals surface area contributed by atoms with Gasteiger partial charge in [0.1, 0.15) is 0 Å². The van der Waals surface area contributed by atoms with Crippen LogP contribution in [0, 0.1) is 5.92 Å². The van der Waals surface area contributed by atoms with Crippen LogP contribution in [-0.4, -0.2) is 12.2 Å². The highest BCUT2D eigenvalue weighted by molar-refractivity contribution is 5.14. The van der Waals surface area contributed by atoms with Crippen molar-refractivity contribution in [2.45, 2.75) is 78.4 Å². The summed E-state index contributed by atoms with van der Waals surface area (Å²) in [6, 6.07) is 0. The second-order valence-electron chi connectivity index (χ2n) is 5.45. The van der Waals surface area contributed by atoms with Crippen molar-refractivity contribution in [3.63, 3.8) is 0 Å². The smallest absolute Gasteiger partial charge is 0.0814 e. The number of rotatable bonds is 7. The van der Waals surface area contributed by atoms with E-state index in [9.17, 15) is 0 Å². The van der Waals surface area contributed by atoms with E-state index in [1.54, 1.807) is 0 Å². The van der Waals surface area contributed by atoms with Crippen LogP contribution in [0.3, 0.4) is 0 Å². The van der Waals surface area contributed by atoms with E-state index in [-0.39, 0.29) is 0 Å². The summed E-state index contributed by atoms with van der Waals surface area (Å²) < 4.78 is 6.05. The monoisotopic (exact) mass is 224 g/mol. The number of hydrogen-bond donors (Lipinski definition) is 0. The van der Waals surface area contributed by atoms with E-state index in [4.69, 9.17) is 4.74 Å². The van der Waals surface area contributed by atoms with Crippen molar-refractivity contribution >= 4 is 0 Å². The highest BCUT2D eigenvalue weighted by atomic mass is 16.5. The molecule has 1 nitrogen and oxygen atoms in total. The maximum absolute atomic E-state index is 6.05. The largest absolute Gasteiger partial charge is 0.366 e. The van der Waals surface area contributed by atoms with Gasteiger partial charge in [-0.15, -0.1) is 0 Å². The Morgan fingerprint density at radius 2 is 1.88 bits per heavy atom. The van der Waals surface area contributed by atoms with Crippen LogP contribution in [0.15, 0.2) is 11.6 Å². The first kappa shape index (κ1) is 13.8. The summed E-state index contributed by atoms with van der Waals surface area (Å²) in [4.78, 5) is 0. The summed E-state index contributed by atoms with van der Waals surface area (Å²) in [5.41, 5.74) is 1.44. The molecule has 0 amide bonds. The summed E-state index contributed by atoms with van der Waals surface area (Å²) >= 11 is 0. The molecule has 0 N–H and O–H groups in total. The lowest BCUT2D eigenvalue weighted by molar-refractivity contribution is 0.0253. The molecular weight excluding hydrogens is 196 g/mol. The molecule has 1 rings (SSSR count). The fourth-order valence-electron chi connectivity index (χ4n) is 2.51. The van der Waals surface area contributed by atoms with Crippen LogP contribution < -0.4 is 0 Å². The minimum Gasteiger partial charge on any atom is -0.366 e. The van der Waals surface area contributed by atoms with E-state index in [2.05, 4.69) is 33.8 Å². The van der Waals surface area contributed by atoms with Crippen LogP contribution >= 0.6 is 0 Å². The molecule has 0 unspecified atom stereocenters. The van der Waals surface area contributed by atoms with Gasteiger partial charge in [-0.1, -0.05) is 59.0 Å². The number of hydrogen-bond acceptors (Lipinski definition) is 1. The predicted molar refractivity (Wildman–Crippen MR) is 70.6 cm³/mol. The highest BCUT2D eigenvalue weighted by Gasteiger charge is 2.26. The summed E-state index contributed by atoms with van der Waals surface area (Å²) in [5, 5.41) is 0. The average molecular weight is 224 g/mol. The third-order valence-corrected chi connectivity index (χ3v) is 3.42. The topological polar surface area (TPSA) is 9.23 Å². The van der Waals surface area contributed by atoms with Gasteiger partial charge in [0.2, 0.25) is 0 Å². The molecule has 1 aliphatic rings. The van der Waals surface area contributed by atoms with E-state index in [0.29, 0.717) is 18.1 Å². The minimum atomic E-state index is 0.376. The average Bonchev–Trinajstić information content (AvgIpc) is 2.59.